The summed E-state index contributed by atoms with van der Waals surface area (Å²) in [5.41, 5.74) is 3.65. The van der Waals surface area contributed by atoms with Gasteiger partial charge in [-0.2, -0.15) is 0 Å². The van der Waals surface area contributed by atoms with Gasteiger partial charge in [0.25, 0.3) is 5.91 Å². The van der Waals surface area contributed by atoms with Gasteiger partial charge in [-0.15, -0.1) is 0 Å². The first kappa shape index (κ1) is 22.6. The standard InChI is InChI=1S/C29H20BrNO4/c1-34-29(33)24-9-5-6-10-25(24)31-26(19-7-3-2-4-8-19)18-21(28(31)32)17-23-15-16-27(35-23)20-11-13-22(30)14-12-20/h2-18H,1H3/b21-17+. The minimum Gasteiger partial charge on any atom is -0.465 e. The molecule has 0 spiro atoms. The summed E-state index contributed by atoms with van der Waals surface area (Å²) in [6.07, 6.45) is 3.53. The molecule has 0 radical (unpaired) electrons. The number of para-hydroxylation sites is 1. The van der Waals surface area contributed by atoms with Gasteiger partial charge in [-0.3, -0.25) is 9.69 Å². The molecule has 1 aliphatic rings. The molecule has 5 nitrogen and oxygen atoms in total. The van der Waals surface area contributed by atoms with Crippen LogP contribution < -0.4 is 4.90 Å². The SMILES string of the molecule is COC(=O)c1ccccc1N1C(=O)/C(=C/c2ccc(-c3ccc(Br)cc3)o2)C=C1c1ccccc1. The zero-order valence-corrected chi connectivity index (χ0v) is 20.4. The first-order valence-corrected chi connectivity index (χ1v) is 11.7. The summed E-state index contributed by atoms with van der Waals surface area (Å²) in [7, 11) is 1.32. The number of nitrogens with zero attached hydrogens (tertiary/aromatic N) is 1. The smallest absolute Gasteiger partial charge is 0.339 e. The lowest BCUT2D eigenvalue weighted by molar-refractivity contribution is -0.113. The number of hydrogen-bond acceptors (Lipinski definition) is 4. The predicted molar refractivity (Wildman–Crippen MR) is 140 cm³/mol. The summed E-state index contributed by atoms with van der Waals surface area (Å²) >= 11 is 3.44. The molecule has 2 heterocycles. The molecule has 172 valence electrons. The zero-order chi connectivity index (χ0) is 24.4. The van der Waals surface area contributed by atoms with Crippen molar-refractivity contribution < 1.29 is 18.7 Å². The summed E-state index contributed by atoms with van der Waals surface area (Å²) in [4.78, 5) is 27.7. The number of anilines is 1. The fourth-order valence-corrected chi connectivity index (χ4v) is 4.24. The third-order valence-corrected chi connectivity index (χ3v) is 6.18. The van der Waals surface area contributed by atoms with Gasteiger partial charge in [-0.1, -0.05) is 70.5 Å². The topological polar surface area (TPSA) is 59.8 Å². The molecule has 35 heavy (non-hydrogen) atoms. The van der Waals surface area contributed by atoms with Gasteiger partial charge in [0.2, 0.25) is 0 Å². The fourth-order valence-electron chi connectivity index (χ4n) is 3.98. The fraction of sp³-hybridized carbons (Fsp3) is 0.0345. The van der Waals surface area contributed by atoms with Crippen LogP contribution in [0.15, 0.2) is 112 Å². The zero-order valence-electron chi connectivity index (χ0n) is 18.8. The lowest BCUT2D eigenvalue weighted by atomic mass is 10.1. The van der Waals surface area contributed by atoms with E-state index >= 15 is 0 Å². The number of carbonyl (C=O) groups excluding carboxylic acids is 2. The number of furan rings is 1. The molecule has 1 aliphatic heterocycles. The Hall–Kier alpha value is -4.16. The average molecular weight is 526 g/mol. The van der Waals surface area contributed by atoms with Crippen LogP contribution in [0.3, 0.4) is 0 Å². The number of methoxy groups -OCH3 is 1. The van der Waals surface area contributed by atoms with Gasteiger partial charge in [-0.25, -0.2) is 4.79 Å². The molecule has 0 fully saturated rings. The van der Waals surface area contributed by atoms with Crippen molar-refractivity contribution in [2.24, 2.45) is 0 Å². The molecule has 0 bridgehead atoms. The Labute approximate surface area is 211 Å². The van der Waals surface area contributed by atoms with Crippen LogP contribution in [0, 0.1) is 0 Å². The molecular formula is C29H20BrNO4. The lowest BCUT2D eigenvalue weighted by Gasteiger charge is -2.22. The van der Waals surface area contributed by atoms with Crippen molar-refractivity contribution in [3.8, 4) is 11.3 Å². The van der Waals surface area contributed by atoms with Gasteiger partial charge in [0.05, 0.1) is 24.1 Å². The Kier molecular flexibility index (Phi) is 6.21. The van der Waals surface area contributed by atoms with E-state index in [1.54, 1.807) is 35.2 Å². The van der Waals surface area contributed by atoms with Gasteiger partial charge < -0.3 is 9.15 Å². The van der Waals surface area contributed by atoms with Crippen molar-refractivity contribution in [1.29, 1.82) is 0 Å². The van der Waals surface area contributed by atoms with Crippen LogP contribution in [0.2, 0.25) is 0 Å². The number of rotatable bonds is 5. The molecule has 0 saturated carbocycles. The van der Waals surface area contributed by atoms with Crippen molar-refractivity contribution in [1.82, 2.24) is 0 Å². The maximum absolute atomic E-state index is 13.7. The summed E-state index contributed by atoms with van der Waals surface area (Å²) in [5.74, 6) is 0.484. The third-order valence-electron chi connectivity index (χ3n) is 5.66. The molecule has 1 aromatic heterocycles. The highest BCUT2D eigenvalue weighted by atomic mass is 79.9. The van der Waals surface area contributed by atoms with Crippen LogP contribution in [0.1, 0.15) is 21.7 Å². The summed E-state index contributed by atoms with van der Waals surface area (Å²) in [6.45, 7) is 0. The monoisotopic (exact) mass is 525 g/mol. The minimum atomic E-state index is -0.511. The highest BCUT2D eigenvalue weighted by Crippen LogP contribution is 2.37. The number of amides is 1. The number of hydrogen-bond donors (Lipinski definition) is 0. The first-order chi connectivity index (χ1) is 17.0. The van der Waals surface area contributed by atoms with Gasteiger partial charge in [0.1, 0.15) is 11.5 Å². The molecule has 0 unspecified atom stereocenters. The van der Waals surface area contributed by atoms with Crippen molar-refractivity contribution in [3.63, 3.8) is 0 Å². The van der Waals surface area contributed by atoms with Gasteiger partial charge in [-0.05, 0) is 54.1 Å². The Balaban J connectivity index is 1.57. The van der Waals surface area contributed by atoms with Crippen molar-refractivity contribution in [2.45, 2.75) is 0 Å². The van der Waals surface area contributed by atoms with Gasteiger partial charge in [0.15, 0.2) is 0 Å². The van der Waals surface area contributed by atoms with E-state index in [0.717, 1.165) is 15.6 Å². The second kappa shape index (κ2) is 9.60. The summed E-state index contributed by atoms with van der Waals surface area (Å²) in [5, 5.41) is 0. The molecule has 4 aromatic rings. The van der Waals surface area contributed by atoms with E-state index in [9.17, 15) is 9.59 Å². The van der Waals surface area contributed by atoms with Crippen LogP contribution >= 0.6 is 15.9 Å². The van der Waals surface area contributed by atoms with Crippen LogP contribution in [-0.4, -0.2) is 19.0 Å². The minimum absolute atomic E-state index is 0.262. The molecule has 0 saturated heterocycles. The van der Waals surface area contributed by atoms with Crippen LogP contribution in [-0.2, 0) is 9.53 Å². The lowest BCUT2D eigenvalue weighted by Crippen LogP contribution is -2.27. The third kappa shape index (κ3) is 4.48. The highest BCUT2D eigenvalue weighted by Gasteiger charge is 2.33. The van der Waals surface area contributed by atoms with E-state index in [0.29, 0.717) is 34.0 Å². The van der Waals surface area contributed by atoms with Gasteiger partial charge in [0, 0.05) is 15.6 Å². The second-order valence-corrected chi connectivity index (χ2v) is 8.77. The number of carbonyl (C=O) groups is 2. The van der Waals surface area contributed by atoms with Gasteiger partial charge >= 0.3 is 5.97 Å². The van der Waals surface area contributed by atoms with E-state index in [-0.39, 0.29) is 5.91 Å². The Morgan fingerprint density at radius 2 is 1.60 bits per heavy atom. The quantitative estimate of drug-likeness (QED) is 0.208. The average Bonchev–Trinajstić information content (AvgIpc) is 3.49. The first-order valence-electron chi connectivity index (χ1n) is 10.9. The van der Waals surface area contributed by atoms with Crippen molar-refractivity contribution in [2.75, 3.05) is 12.0 Å². The van der Waals surface area contributed by atoms with E-state index in [2.05, 4.69) is 15.9 Å². The maximum atomic E-state index is 13.7. The molecule has 0 atom stereocenters. The Morgan fingerprint density at radius 1 is 0.886 bits per heavy atom. The van der Waals surface area contributed by atoms with E-state index in [4.69, 9.17) is 9.15 Å². The summed E-state index contributed by atoms with van der Waals surface area (Å²) < 4.78 is 12.0. The molecule has 3 aromatic carbocycles. The Morgan fingerprint density at radius 3 is 2.34 bits per heavy atom. The second-order valence-electron chi connectivity index (χ2n) is 7.85. The van der Waals surface area contributed by atoms with Crippen LogP contribution in [0.25, 0.3) is 23.1 Å². The van der Waals surface area contributed by atoms with Crippen molar-refractivity contribution in [3.05, 3.63) is 124 Å². The number of esters is 1. The predicted octanol–water partition coefficient (Wildman–Crippen LogP) is 6.97. The number of benzene rings is 3. The van der Waals surface area contributed by atoms with E-state index in [1.807, 2.05) is 72.8 Å². The number of ether oxygens (including phenoxy) is 1. The largest absolute Gasteiger partial charge is 0.465 e. The molecular weight excluding hydrogens is 506 g/mol. The van der Waals surface area contributed by atoms with E-state index < -0.39 is 5.97 Å². The van der Waals surface area contributed by atoms with Crippen LogP contribution in [0.5, 0.6) is 0 Å². The van der Waals surface area contributed by atoms with Crippen molar-refractivity contribution >= 4 is 45.3 Å². The molecule has 6 heteroatoms. The Bertz CT molecular complexity index is 1470. The number of halogens is 1. The van der Waals surface area contributed by atoms with E-state index in [1.165, 1.54) is 7.11 Å². The molecule has 5 rings (SSSR count). The summed E-state index contributed by atoms with van der Waals surface area (Å²) in [6, 6.07) is 28.0. The highest BCUT2D eigenvalue weighted by molar-refractivity contribution is 9.10. The molecule has 0 aliphatic carbocycles. The van der Waals surface area contributed by atoms with Crippen LogP contribution in [0.4, 0.5) is 5.69 Å². The maximum Gasteiger partial charge on any atom is 0.339 e. The molecule has 1 amide bonds. The normalized spacial score (nSPS) is 14.3. The molecule has 0 N–H and O–H groups in total.